The van der Waals surface area contributed by atoms with E-state index in [1.54, 1.807) is 0 Å². The van der Waals surface area contributed by atoms with Gasteiger partial charge in [0.25, 0.3) is 0 Å². The number of hydrogen-bond acceptors (Lipinski definition) is 5. The highest BCUT2D eigenvalue weighted by atomic mass is 16.6. The van der Waals surface area contributed by atoms with Gasteiger partial charge in [0.1, 0.15) is 26.4 Å². The third kappa shape index (κ3) is 5.42. The van der Waals surface area contributed by atoms with Crippen molar-refractivity contribution < 1.29 is 23.7 Å². The van der Waals surface area contributed by atoms with Crippen LogP contribution in [0.2, 0.25) is 0 Å². The number of para-hydroxylation sites is 4. The second kappa shape index (κ2) is 9.85. The summed E-state index contributed by atoms with van der Waals surface area (Å²) in [6.45, 7) is 2.72. The van der Waals surface area contributed by atoms with Crippen LogP contribution in [0, 0.1) is 0 Å². The summed E-state index contributed by atoms with van der Waals surface area (Å²) in [7, 11) is 0. The van der Waals surface area contributed by atoms with Gasteiger partial charge in [-0.25, -0.2) is 0 Å². The molecule has 0 unspecified atom stereocenters. The molecule has 1 heterocycles. The summed E-state index contributed by atoms with van der Waals surface area (Å²) in [6, 6.07) is 23.5. The SMILES string of the molecule is c1cc2cc(c1)COc1ccccc1OCCOCCOc1ccccc1OC2. The largest absolute Gasteiger partial charge is 0.487 e. The van der Waals surface area contributed by atoms with E-state index in [-0.39, 0.29) is 0 Å². The van der Waals surface area contributed by atoms with Crippen LogP contribution in [0.3, 0.4) is 0 Å². The molecular formula is C24H24O5. The van der Waals surface area contributed by atoms with Gasteiger partial charge < -0.3 is 23.7 Å². The fourth-order valence-corrected chi connectivity index (χ4v) is 3.03. The molecule has 0 saturated carbocycles. The third-order valence-electron chi connectivity index (χ3n) is 4.45. The minimum absolute atomic E-state index is 0.440. The normalized spacial score (nSPS) is 15.0. The van der Waals surface area contributed by atoms with Crippen LogP contribution in [0.4, 0.5) is 0 Å². The minimum atomic E-state index is 0.440. The van der Waals surface area contributed by atoms with E-state index >= 15 is 0 Å². The molecular weight excluding hydrogens is 368 g/mol. The molecule has 0 amide bonds. The molecule has 1 aliphatic rings. The molecule has 0 saturated heterocycles. The van der Waals surface area contributed by atoms with Crippen molar-refractivity contribution in [3.63, 3.8) is 0 Å². The monoisotopic (exact) mass is 392 g/mol. The van der Waals surface area contributed by atoms with Crippen molar-refractivity contribution in [1.29, 1.82) is 0 Å². The molecule has 0 atom stereocenters. The molecule has 3 aromatic carbocycles. The van der Waals surface area contributed by atoms with E-state index in [0.717, 1.165) is 11.1 Å². The molecule has 0 aromatic heterocycles. The predicted molar refractivity (Wildman–Crippen MR) is 110 cm³/mol. The summed E-state index contributed by atoms with van der Waals surface area (Å²) in [4.78, 5) is 0. The molecule has 29 heavy (non-hydrogen) atoms. The molecule has 3 aromatic rings. The van der Waals surface area contributed by atoms with Crippen molar-refractivity contribution in [1.82, 2.24) is 0 Å². The van der Waals surface area contributed by atoms with Gasteiger partial charge in [0.15, 0.2) is 23.0 Å². The topological polar surface area (TPSA) is 46.2 Å². The van der Waals surface area contributed by atoms with Gasteiger partial charge >= 0.3 is 0 Å². The van der Waals surface area contributed by atoms with Crippen LogP contribution < -0.4 is 18.9 Å². The van der Waals surface area contributed by atoms with Crippen LogP contribution in [0.15, 0.2) is 72.8 Å². The van der Waals surface area contributed by atoms with Crippen molar-refractivity contribution in [3.05, 3.63) is 83.9 Å². The highest BCUT2D eigenvalue weighted by Crippen LogP contribution is 2.29. The maximum Gasteiger partial charge on any atom is 0.161 e. The highest BCUT2D eigenvalue weighted by Gasteiger charge is 2.08. The van der Waals surface area contributed by atoms with Gasteiger partial charge in [-0.3, -0.25) is 0 Å². The second-order valence-corrected chi connectivity index (χ2v) is 6.60. The van der Waals surface area contributed by atoms with E-state index in [9.17, 15) is 0 Å². The van der Waals surface area contributed by atoms with Crippen LogP contribution in [0.25, 0.3) is 0 Å². The van der Waals surface area contributed by atoms with Gasteiger partial charge in [-0.15, -0.1) is 0 Å². The van der Waals surface area contributed by atoms with E-state index in [2.05, 4.69) is 6.07 Å². The first-order chi connectivity index (χ1) is 14.4. The molecule has 2 bridgehead atoms. The zero-order valence-electron chi connectivity index (χ0n) is 16.2. The van der Waals surface area contributed by atoms with Crippen LogP contribution in [0.5, 0.6) is 23.0 Å². The summed E-state index contributed by atoms with van der Waals surface area (Å²) in [5.41, 5.74) is 2.13. The Balaban J connectivity index is 1.53. The lowest BCUT2D eigenvalue weighted by atomic mass is 10.1. The van der Waals surface area contributed by atoms with E-state index in [1.165, 1.54) is 0 Å². The molecule has 5 nitrogen and oxygen atoms in total. The quantitative estimate of drug-likeness (QED) is 0.558. The molecule has 0 radical (unpaired) electrons. The lowest BCUT2D eigenvalue weighted by molar-refractivity contribution is 0.0744. The number of rotatable bonds is 0. The first-order valence-electron chi connectivity index (χ1n) is 9.73. The summed E-state index contributed by atoms with van der Waals surface area (Å²) in [5, 5.41) is 0. The Bertz CT molecular complexity index is 854. The Labute approximate surface area is 170 Å². The third-order valence-corrected chi connectivity index (χ3v) is 4.45. The molecule has 0 aliphatic carbocycles. The van der Waals surface area contributed by atoms with Gasteiger partial charge in [0.2, 0.25) is 0 Å². The van der Waals surface area contributed by atoms with Crippen molar-refractivity contribution in [2.45, 2.75) is 13.2 Å². The molecule has 0 spiro atoms. The van der Waals surface area contributed by atoms with Crippen molar-refractivity contribution in [3.8, 4) is 23.0 Å². The average Bonchev–Trinajstić information content (AvgIpc) is 2.77. The summed E-state index contributed by atoms with van der Waals surface area (Å²) in [5.74, 6) is 2.85. The zero-order valence-corrected chi connectivity index (χ0v) is 16.2. The van der Waals surface area contributed by atoms with E-state index in [4.69, 9.17) is 23.7 Å². The zero-order chi connectivity index (χ0) is 19.7. The fraction of sp³-hybridized carbons (Fsp3) is 0.250. The lowest BCUT2D eigenvalue weighted by Crippen LogP contribution is -2.13. The Kier molecular flexibility index (Phi) is 6.50. The Morgan fingerprint density at radius 3 is 1.38 bits per heavy atom. The molecule has 150 valence electrons. The number of hydrogen-bond donors (Lipinski definition) is 0. The summed E-state index contributed by atoms with van der Waals surface area (Å²) < 4.78 is 29.3. The fourth-order valence-electron chi connectivity index (χ4n) is 3.03. The molecule has 1 aliphatic heterocycles. The number of fused-ring (bicyclic) bond motifs is 4. The summed E-state index contributed by atoms with van der Waals surface area (Å²) >= 11 is 0. The van der Waals surface area contributed by atoms with Crippen molar-refractivity contribution in [2.24, 2.45) is 0 Å². The van der Waals surface area contributed by atoms with E-state index < -0.39 is 0 Å². The van der Waals surface area contributed by atoms with Gasteiger partial charge in [-0.2, -0.15) is 0 Å². The van der Waals surface area contributed by atoms with Gasteiger partial charge in [-0.1, -0.05) is 42.5 Å². The first-order valence-corrected chi connectivity index (χ1v) is 9.73. The predicted octanol–water partition coefficient (Wildman–Crippen LogP) is 4.63. The average molecular weight is 392 g/mol. The van der Waals surface area contributed by atoms with Gasteiger partial charge in [0.05, 0.1) is 13.2 Å². The summed E-state index contributed by atoms with van der Waals surface area (Å²) in [6.07, 6.45) is 0. The number of ether oxygens (including phenoxy) is 5. The van der Waals surface area contributed by atoms with Crippen molar-refractivity contribution in [2.75, 3.05) is 26.4 Å². The Morgan fingerprint density at radius 2 is 0.897 bits per heavy atom. The number of benzene rings is 3. The smallest absolute Gasteiger partial charge is 0.161 e. The van der Waals surface area contributed by atoms with Crippen molar-refractivity contribution >= 4 is 0 Å². The van der Waals surface area contributed by atoms with Gasteiger partial charge in [-0.05, 0) is 41.5 Å². The molecule has 0 fully saturated rings. The van der Waals surface area contributed by atoms with Crippen LogP contribution in [-0.4, -0.2) is 26.4 Å². The van der Waals surface area contributed by atoms with Crippen LogP contribution in [-0.2, 0) is 18.0 Å². The van der Waals surface area contributed by atoms with Gasteiger partial charge in [0, 0.05) is 0 Å². The molecule has 4 rings (SSSR count). The first kappa shape index (κ1) is 19.2. The maximum absolute atomic E-state index is 6.00. The second-order valence-electron chi connectivity index (χ2n) is 6.60. The van der Waals surface area contributed by atoms with Crippen LogP contribution in [0.1, 0.15) is 11.1 Å². The highest BCUT2D eigenvalue weighted by molar-refractivity contribution is 5.40. The minimum Gasteiger partial charge on any atom is -0.487 e. The standard InChI is InChI=1S/C24H24O5/c1-3-10-23-21(8-1)26-14-12-25-13-15-27-22-9-2-4-11-24(22)29-18-20-7-5-6-19(16-20)17-28-23/h1-11,16H,12-15,17-18H2. The maximum atomic E-state index is 6.00. The molecule has 0 N–H and O–H groups in total. The van der Waals surface area contributed by atoms with E-state index in [0.29, 0.717) is 62.6 Å². The Hall–Kier alpha value is -3.18. The Morgan fingerprint density at radius 1 is 0.448 bits per heavy atom. The lowest BCUT2D eigenvalue weighted by Gasteiger charge is -2.15. The van der Waals surface area contributed by atoms with E-state index in [1.807, 2.05) is 66.7 Å². The molecule has 5 heteroatoms. The van der Waals surface area contributed by atoms with Crippen LogP contribution >= 0.6 is 0 Å².